The van der Waals surface area contributed by atoms with Crippen LogP contribution in [0, 0.1) is 0 Å². The lowest BCUT2D eigenvalue weighted by atomic mass is 10.2. The summed E-state index contributed by atoms with van der Waals surface area (Å²) in [6.07, 6.45) is 0. The van der Waals surface area contributed by atoms with Crippen LogP contribution in [0.25, 0.3) is 0 Å². The Kier molecular flexibility index (Phi) is 5.46. The third kappa shape index (κ3) is 9.88. The molecule has 0 radical (unpaired) electrons. The van der Waals surface area contributed by atoms with E-state index in [1.54, 1.807) is 0 Å². The minimum Gasteiger partial charge on any atom is -0.417 e. The van der Waals surface area contributed by atoms with Gasteiger partial charge in [0.2, 0.25) is 0 Å². The third-order valence-corrected chi connectivity index (χ3v) is 1.76. The summed E-state index contributed by atoms with van der Waals surface area (Å²) in [4.78, 5) is 0. The number of hydrogen-bond donors (Lipinski definition) is 0. The van der Waals surface area contributed by atoms with Crippen LogP contribution in [0.3, 0.4) is 0 Å². The van der Waals surface area contributed by atoms with Crippen molar-refractivity contribution in [1.82, 2.24) is 0 Å². The number of ether oxygens (including phenoxy) is 1. The molecule has 0 rings (SSSR count). The van der Waals surface area contributed by atoms with E-state index in [9.17, 15) is 0 Å². The summed E-state index contributed by atoms with van der Waals surface area (Å²) in [7, 11) is -0.459. The van der Waals surface area contributed by atoms with Gasteiger partial charge in [-0.15, -0.1) is 6.58 Å². The summed E-state index contributed by atoms with van der Waals surface area (Å²) in [5.41, 5.74) is 1.83. The molecule has 0 amide bonds. The van der Waals surface area contributed by atoms with E-state index >= 15 is 0 Å². The van der Waals surface area contributed by atoms with Gasteiger partial charge >= 0.3 is 0 Å². The van der Waals surface area contributed by atoms with Crippen LogP contribution in [0.4, 0.5) is 0 Å². The first kappa shape index (κ1) is 10.9. The molecular formula is C8H18O2Si. The summed E-state index contributed by atoms with van der Waals surface area (Å²) in [6.45, 7) is 11.1. The van der Waals surface area contributed by atoms with Crippen molar-refractivity contribution < 1.29 is 9.16 Å². The lowest BCUT2D eigenvalue weighted by Gasteiger charge is -2.19. The van der Waals surface area contributed by atoms with E-state index < -0.39 is 9.76 Å². The largest absolute Gasteiger partial charge is 0.417 e. The van der Waals surface area contributed by atoms with Crippen LogP contribution in [0.15, 0.2) is 12.3 Å². The average Bonchev–Trinajstić information content (AvgIpc) is 1.85. The van der Waals surface area contributed by atoms with Crippen LogP contribution >= 0.6 is 0 Å². The molecule has 11 heavy (non-hydrogen) atoms. The first-order valence-corrected chi connectivity index (χ1v) is 5.28. The second kappa shape index (κ2) is 5.52. The Morgan fingerprint density at radius 3 is 2.45 bits per heavy atom. The predicted octanol–water partition coefficient (Wildman–Crippen LogP) is 1.05. The highest BCUT2D eigenvalue weighted by molar-refractivity contribution is 6.33. The second-order valence-electron chi connectivity index (χ2n) is 3.32. The molecule has 0 bridgehead atoms. The molecule has 0 aliphatic heterocycles. The zero-order valence-electron chi connectivity index (χ0n) is 7.72. The van der Waals surface area contributed by atoms with Gasteiger partial charge < -0.3 is 9.16 Å². The fraction of sp³-hybridized carbons (Fsp3) is 0.750. The summed E-state index contributed by atoms with van der Waals surface area (Å²) >= 11 is 0. The Balaban J connectivity index is 3.08. The highest BCUT2D eigenvalue weighted by Gasteiger charge is 2.08. The fourth-order valence-electron chi connectivity index (χ4n) is 0.573. The van der Waals surface area contributed by atoms with E-state index in [4.69, 9.17) is 9.16 Å². The number of hydrogen-bond acceptors (Lipinski definition) is 2. The summed E-state index contributed by atoms with van der Waals surface area (Å²) in [5.74, 6) is 0. The molecule has 0 unspecified atom stereocenters. The second-order valence-corrected chi connectivity index (χ2v) is 4.64. The van der Waals surface area contributed by atoms with Crippen LogP contribution < -0.4 is 0 Å². The molecule has 2 nitrogen and oxygen atoms in total. The van der Waals surface area contributed by atoms with E-state index in [1.165, 1.54) is 0 Å². The Hall–Kier alpha value is -0.123. The Morgan fingerprint density at radius 2 is 2.00 bits per heavy atom. The molecule has 0 saturated carbocycles. The van der Waals surface area contributed by atoms with Crippen molar-refractivity contribution in [2.24, 2.45) is 0 Å². The van der Waals surface area contributed by atoms with E-state index in [2.05, 4.69) is 6.58 Å². The zero-order chi connectivity index (χ0) is 8.74. The maximum Gasteiger partial charge on any atom is 0.184 e. The molecule has 0 aromatic rings. The Labute approximate surface area is 71.5 Å². The first-order valence-electron chi connectivity index (χ1n) is 3.89. The van der Waals surface area contributed by atoms with Gasteiger partial charge in [-0.05, 0) is 20.8 Å². The van der Waals surface area contributed by atoms with E-state index in [1.807, 2.05) is 26.5 Å². The van der Waals surface area contributed by atoms with Crippen molar-refractivity contribution in [2.45, 2.75) is 26.4 Å². The summed E-state index contributed by atoms with van der Waals surface area (Å²) in [6, 6.07) is 0. The van der Waals surface area contributed by atoms with Gasteiger partial charge in [0.05, 0.1) is 18.8 Å². The topological polar surface area (TPSA) is 18.5 Å². The van der Waals surface area contributed by atoms with Gasteiger partial charge in [-0.2, -0.15) is 0 Å². The Bertz CT molecular complexity index is 107. The predicted molar refractivity (Wildman–Crippen MR) is 50.4 cm³/mol. The van der Waals surface area contributed by atoms with Gasteiger partial charge in [0.1, 0.15) is 0 Å². The monoisotopic (exact) mass is 174 g/mol. The minimum absolute atomic E-state index is 0.0426. The minimum atomic E-state index is -0.459. The lowest BCUT2D eigenvalue weighted by Crippen LogP contribution is -2.22. The van der Waals surface area contributed by atoms with Gasteiger partial charge in [-0.3, -0.25) is 0 Å². The quantitative estimate of drug-likeness (QED) is 0.458. The molecule has 0 saturated heterocycles. The highest BCUT2D eigenvalue weighted by atomic mass is 28.2. The van der Waals surface area contributed by atoms with Gasteiger partial charge in [0.15, 0.2) is 9.76 Å². The molecule has 0 aliphatic rings. The third-order valence-electron chi connectivity index (χ3n) is 0.998. The molecule has 3 heteroatoms. The van der Waals surface area contributed by atoms with Gasteiger partial charge in [-0.1, -0.05) is 5.70 Å². The number of rotatable bonds is 5. The van der Waals surface area contributed by atoms with Crippen molar-refractivity contribution in [2.75, 3.05) is 13.2 Å². The van der Waals surface area contributed by atoms with E-state index in [0.29, 0.717) is 13.2 Å². The molecule has 0 heterocycles. The van der Waals surface area contributed by atoms with Crippen LogP contribution in [0.5, 0.6) is 0 Å². The van der Waals surface area contributed by atoms with Crippen molar-refractivity contribution >= 4 is 9.76 Å². The van der Waals surface area contributed by atoms with Crippen molar-refractivity contribution in [3.05, 3.63) is 12.3 Å². The molecule has 0 N–H and O–H groups in total. The SMILES string of the molecule is C=C[SiH2]OCCOC(C)(C)C. The lowest BCUT2D eigenvalue weighted by molar-refractivity contribution is -0.0158. The van der Waals surface area contributed by atoms with Crippen LogP contribution in [-0.4, -0.2) is 28.6 Å². The summed E-state index contributed by atoms with van der Waals surface area (Å²) in [5, 5.41) is 0. The average molecular weight is 174 g/mol. The molecule has 0 aromatic heterocycles. The molecule has 66 valence electrons. The van der Waals surface area contributed by atoms with Crippen molar-refractivity contribution in [3.63, 3.8) is 0 Å². The maximum absolute atomic E-state index is 5.44. The van der Waals surface area contributed by atoms with Crippen LogP contribution in [0.2, 0.25) is 0 Å². The molecular weight excluding hydrogens is 156 g/mol. The van der Waals surface area contributed by atoms with E-state index in [0.717, 1.165) is 0 Å². The smallest absolute Gasteiger partial charge is 0.184 e. The van der Waals surface area contributed by atoms with Gasteiger partial charge in [0, 0.05) is 0 Å². The van der Waals surface area contributed by atoms with Gasteiger partial charge in [0.25, 0.3) is 0 Å². The Morgan fingerprint density at radius 1 is 1.36 bits per heavy atom. The normalized spacial score (nSPS) is 12.6. The molecule has 0 aliphatic carbocycles. The summed E-state index contributed by atoms with van der Waals surface area (Å²) < 4.78 is 10.7. The molecule has 0 spiro atoms. The maximum atomic E-state index is 5.44. The standard InChI is InChI=1S/C8H18O2Si/c1-5-11-10-7-6-9-8(2,3)4/h5H,1,6-7,11H2,2-4H3. The fourth-order valence-corrected chi connectivity index (χ4v) is 1.02. The zero-order valence-corrected chi connectivity index (χ0v) is 9.14. The highest BCUT2D eigenvalue weighted by Crippen LogP contribution is 2.05. The molecule has 0 fully saturated rings. The van der Waals surface area contributed by atoms with E-state index in [-0.39, 0.29) is 5.60 Å². The van der Waals surface area contributed by atoms with Gasteiger partial charge in [-0.25, -0.2) is 0 Å². The van der Waals surface area contributed by atoms with Crippen LogP contribution in [0.1, 0.15) is 20.8 Å². The van der Waals surface area contributed by atoms with Crippen LogP contribution in [-0.2, 0) is 9.16 Å². The first-order chi connectivity index (χ1) is 5.06. The molecule has 0 atom stereocenters. The van der Waals surface area contributed by atoms with Crippen molar-refractivity contribution in [3.8, 4) is 0 Å². The molecule has 0 aromatic carbocycles. The van der Waals surface area contributed by atoms with Crippen molar-refractivity contribution in [1.29, 1.82) is 0 Å².